The normalized spacial score (nSPS) is 10.2. The van der Waals surface area contributed by atoms with Gasteiger partial charge in [-0.3, -0.25) is 4.79 Å². The molecule has 98 valence electrons. The Morgan fingerprint density at radius 2 is 2.11 bits per heavy atom. The third-order valence-corrected chi connectivity index (χ3v) is 2.90. The molecule has 0 aliphatic heterocycles. The number of carbonyl (C=O) groups is 1. The van der Waals surface area contributed by atoms with E-state index in [4.69, 9.17) is 0 Å². The summed E-state index contributed by atoms with van der Waals surface area (Å²) in [7, 11) is 0. The average Bonchev–Trinajstić information content (AvgIpc) is 2.41. The van der Waals surface area contributed by atoms with E-state index >= 15 is 0 Å². The number of anilines is 1. The van der Waals surface area contributed by atoms with E-state index in [-0.39, 0.29) is 17.2 Å². The second-order valence-corrected chi connectivity index (χ2v) is 4.34. The minimum absolute atomic E-state index is 0.0367. The molecule has 1 aromatic heterocycles. The largest absolute Gasteiger partial charge is 0.507 e. The number of carbonyl (C=O) groups excluding carboxylic acids is 1. The lowest BCUT2D eigenvalue weighted by atomic mass is 10.1. The third kappa shape index (κ3) is 2.91. The van der Waals surface area contributed by atoms with Gasteiger partial charge in [-0.15, -0.1) is 0 Å². The van der Waals surface area contributed by atoms with Crippen LogP contribution in [-0.2, 0) is 6.42 Å². The van der Waals surface area contributed by atoms with E-state index in [1.54, 1.807) is 30.5 Å². The van der Waals surface area contributed by atoms with Gasteiger partial charge in [-0.1, -0.05) is 25.1 Å². The van der Waals surface area contributed by atoms with Crippen molar-refractivity contribution in [2.45, 2.75) is 20.3 Å². The third-order valence-electron chi connectivity index (χ3n) is 2.90. The first-order valence-electron chi connectivity index (χ1n) is 6.16. The first kappa shape index (κ1) is 13.1. The Bertz CT molecular complexity index is 592. The second kappa shape index (κ2) is 5.52. The smallest absolute Gasteiger partial charge is 0.260 e. The summed E-state index contributed by atoms with van der Waals surface area (Å²) in [6.07, 6.45) is 2.35. The van der Waals surface area contributed by atoms with Gasteiger partial charge in [0.1, 0.15) is 11.6 Å². The van der Waals surface area contributed by atoms with E-state index in [9.17, 15) is 9.90 Å². The number of phenolic OH excluding ortho intramolecular Hbond substituents is 1. The number of hydrogen-bond donors (Lipinski definition) is 2. The minimum Gasteiger partial charge on any atom is -0.507 e. The van der Waals surface area contributed by atoms with Crippen LogP contribution < -0.4 is 5.32 Å². The van der Waals surface area contributed by atoms with Gasteiger partial charge in [-0.05, 0) is 36.6 Å². The van der Waals surface area contributed by atoms with Crippen molar-refractivity contribution in [1.82, 2.24) is 4.98 Å². The Labute approximate surface area is 112 Å². The number of aromatic hydroxyl groups is 1. The highest BCUT2D eigenvalue weighted by atomic mass is 16.3. The van der Waals surface area contributed by atoms with Gasteiger partial charge in [0.25, 0.3) is 5.91 Å². The Morgan fingerprint density at radius 1 is 1.32 bits per heavy atom. The highest BCUT2D eigenvalue weighted by Gasteiger charge is 2.13. The summed E-state index contributed by atoms with van der Waals surface area (Å²) in [5.74, 6) is 0.149. The summed E-state index contributed by atoms with van der Waals surface area (Å²) in [6, 6.07) is 8.75. The molecule has 0 bridgehead atoms. The van der Waals surface area contributed by atoms with Crippen LogP contribution >= 0.6 is 0 Å². The van der Waals surface area contributed by atoms with Crippen LogP contribution in [0.2, 0.25) is 0 Å². The highest BCUT2D eigenvalue weighted by Crippen LogP contribution is 2.23. The zero-order valence-electron chi connectivity index (χ0n) is 11.0. The van der Waals surface area contributed by atoms with Gasteiger partial charge < -0.3 is 10.4 Å². The molecule has 0 saturated heterocycles. The van der Waals surface area contributed by atoms with Gasteiger partial charge in [0.05, 0.1) is 5.56 Å². The lowest BCUT2D eigenvalue weighted by Crippen LogP contribution is -2.13. The van der Waals surface area contributed by atoms with Crippen LogP contribution in [0, 0.1) is 6.92 Å². The van der Waals surface area contributed by atoms with Crippen LogP contribution in [0.25, 0.3) is 0 Å². The van der Waals surface area contributed by atoms with Crippen molar-refractivity contribution in [3.63, 3.8) is 0 Å². The number of aryl methyl sites for hydroxylation is 2. The Morgan fingerprint density at radius 3 is 2.74 bits per heavy atom. The van der Waals surface area contributed by atoms with E-state index < -0.39 is 0 Å². The Balaban J connectivity index is 2.23. The zero-order chi connectivity index (χ0) is 13.8. The maximum Gasteiger partial charge on any atom is 0.260 e. The first-order valence-corrected chi connectivity index (χ1v) is 6.16. The number of phenols is 1. The molecule has 1 heterocycles. The summed E-state index contributed by atoms with van der Waals surface area (Å²) in [5, 5.41) is 12.7. The van der Waals surface area contributed by atoms with Gasteiger partial charge in [0, 0.05) is 6.20 Å². The molecule has 2 rings (SSSR count). The molecule has 0 radical (unpaired) electrons. The van der Waals surface area contributed by atoms with Crippen molar-refractivity contribution in [3.8, 4) is 5.75 Å². The number of para-hydroxylation sites is 1. The number of rotatable bonds is 3. The lowest BCUT2D eigenvalue weighted by Gasteiger charge is -2.09. The predicted molar refractivity (Wildman–Crippen MR) is 74.4 cm³/mol. The molecule has 0 atom stereocenters. The van der Waals surface area contributed by atoms with Crippen molar-refractivity contribution in [2.24, 2.45) is 0 Å². The number of nitrogens with one attached hydrogen (secondary N) is 1. The fourth-order valence-electron chi connectivity index (χ4n) is 1.79. The van der Waals surface area contributed by atoms with Crippen LogP contribution in [-0.4, -0.2) is 16.0 Å². The summed E-state index contributed by atoms with van der Waals surface area (Å²) < 4.78 is 0. The van der Waals surface area contributed by atoms with E-state index in [2.05, 4.69) is 10.3 Å². The monoisotopic (exact) mass is 256 g/mol. The molecule has 0 spiro atoms. The Hall–Kier alpha value is -2.36. The summed E-state index contributed by atoms with van der Waals surface area (Å²) in [5.41, 5.74) is 2.04. The van der Waals surface area contributed by atoms with Crippen LogP contribution in [0.3, 0.4) is 0 Å². The summed E-state index contributed by atoms with van der Waals surface area (Å²) in [4.78, 5) is 16.2. The van der Waals surface area contributed by atoms with E-state index in [1.165, 1.54) is 0 Å². The number of benzene rings is 1. The number of pyridine rings is 1. The number of nitrogens with zero attached hydrogens (tertiary/aromatic N) is 1. The van der Waals surface area contributed by atoms with Gasteiger partial charge in [-0.2, -0.15) is 0 Å². The minimum atomic E-state index is -0.357. The van der Waals surface area contributed by atoms with Gasteiger partial charge in [0.2, 0.25) is 0 Å². The molecule has 0 unspecified atom stereocenters. The van der Waals surface area contributed by atoms with E-state index in [0.717, 1.165) is 11.1 Å². The van der Waals surface area contributed by atoms with Crippen LogP contribution in [0.1, 0.15) is 28.4 Å². The predicted octanol–water partition coefficient (Wildman–Crippen LogP) is 2.91. The van der Waals surface area contributed by atoms with Crippen LogP contribution in [0.4, 0.5) is 5.82 Å². The van der Waals surface area contributed by atoms with Gasteiger partial charge >= 0.3 is 0 Å². The molecule has 2 N–H and O–H groups in total. The molecule has 4 heteroatoms. The highest BCUT2D eigenvalue weighted by molar-refractivity contribution is 6.05. The van der Waals surface area contributed by atoms with Crippen molar-refractivity contribution < 1.29 is 9.90 Å². The SMILES string of the molecule is CCc1cccc(C(=O)Nc2ccc(C)cn2)c1O. The molecule has 0 saturated carbocycles. The lowest BCUT2D eigenvalue weighted by molar-refractivity contribution is 0.102. The van der Waals surface area contributed by atoms with Crippen molar-refractivity contribution in [2.75, 3.05) is 5.32 Å². The quantitative estimate of drug-likeness (QED) is 0.887. The summed E-state index contributed by atoms with van der Waals surface area (Å²) in [6.45, 7) is 3.85. The van der Waals surface area contributed by atoms with Crippen molar-refractivity contribution in [1.29, 1.82) is 0 Å². The summed E-state index contributed by atoms with van der Waals surface area (Å²) >= 11 is 0. The molecule has 0 aliphatic rings. The average molecular weight is 256 g/mol. The standard InChI is InChI=1S/C15H16N2O2/c1-3-11-5-4-6-12(14(11)18)15(19)17-13-8-7-10(2)9-16-13/h4-9,18H,3H2,1-2H3,(H,16,17,19). The topological polar surface area (TPSA) is 62.2 Å². The molecule has 4 nitrogen and oxygen atoms in total. The molecule has 19 heavy (non-hydrogen) atoms. The number of hydrogen-bond acceptors (Lipinski definition) is 3. The fraction of sp³-hybridized carbons (Fsp3) is 0.200. The second-order valence-electron chi connectivity index (χ2n) is 4.34. The molecule has 0 fully saturated rings. The van der Waals surface area contributed by atoms with Crippen LogP contribution in [0.5, 0.6) is 5.75 Å². The zero-order valence-corrected chi connectivity index (χ0v) is 11.0. The number of amides is 1. The molecular weight excluding hydrogens is 240 g/mol. The number of aromatic nitrogens is 1. The maximum absolute atomic E-state index is 12.1. The van der Waals surface area contributed by atoms with E-state index in [0.29, 0.717) is 12.2 Å². The molecular formula is C15H16N2O2. The molecule has 1 amide bonds. The fourth-order valence-corrected chi connectivity index (χ4v) is 1.79. The van der Waals surface area contributed by atoms with Gasteiger partial charge in [-0.25, -0.2) is 4.98 Å². The maximum atomic E-state index is 12.1. The Kier molecular flexibility index (Phi) is 3.80. The molecule has 2 aromatic rings. The van der Waals surface area contributed by atoms with Gasteiger partial charge in [0.15, 0.2) is 0 Å². The van der Waals surface area contributed by atoms with Crippen molar-refractivity contribution >= 4 is 11.7 Å². The molecule has 0 aliphatic carbocycles. The molecule has 1 aromatic carbocycles. The first-order chi connectivity index (χ1) is 9.11. The van der Waals surface area contributed by atoms with E-state index in [1.807, 2.05) is 19.9 Å². The van der Waals surface area contributed by atoms with Crippen molar-refractivity contribution in [3.05, 3.63) is 53.2 Å². The van der Waals surface area contributed by atoms with Crippen LogP contribution in [0.15, 0.2) is 36.5 Å².